The molecule has 1 atom stereocenters. The van der Waals surface area contributed by atoms with Gasteiger partial charge in [-0.1, -0.05) is 6.07 Å². The molecule has 1 aliphatic rings. The molecule has 1 aliphatic heterocycles. The highest BCUT2D eigenvalue weighted by Crippen LogP contribution is 2.31. The molecule has 2 amide bonds. The van der Waals surface area contributed by atoms with Crippen molar-refractivity contribution in [2.75, 3.05) is 20.1 Å². The lowest BCUT2D eigenvalue weighted by atomic mass is 10.0. The number of amides is 2. The van der Waals surface area contributed by atoms with E-state index in [1.807, 2.05) is 44.0 Å². The Kier molecular flexibility index (Phi) is 3.26. The van der Waals surface area contributed by atoms with E-state index in [9.17, 15) is 4.79 Å². The van der Waals surface area contributed by atoms with Gasteiger partial charge >= 0.3 is 6.03 Å². The van der Waals surface area contributed by atoms with Crippen molar-refractivity contribution in [2.24, 2.45) is 5.73 Å². The van der Waals surface area contributed by atoms with E-state index in [2.05, 4.69) is 4.98 Å². The average molecular weight is 248 g/mol. The van der Waals surface area contributed by atoms with Gasteiger partial charge < -0.3 is 15.5 Å². The zero-order chi connectivity index (χ0) is 13.3. The van der Waals surface area contributed by atoms with E-state index in [1.165, 1.54) is 0 Å². The maximum atomic E-state index is 12.3. The molecule has 0 spiro atoms. The lowest BCUT2D eigenvalue weighted by molar-refractivity contribution is 0.154. The number of aromatic nitrogens is 1. The summed E-state index contributed by atoms with van der Waals surface area (Å²) in [5, 5.41) is 0. The Labute approximate surface area is 108 Å². The first kappa shape index (κ1) is 12.8. The summed E-state index contributed by atoms with van der Waals surface area (Å²) < 4.78 is 0. The molecule has 5 nitrogen and oxygen atoms in total. The van der Waals surface area contributed by atoms with Crippen LogP contribution in [0.1, 0.15) is 25.6 Å². The number of nitrogens with zero attached hydrogens (tertiary/aromatic N) is 3. The molecule has 2 N–H and O–H groups in total. The van der Waals surface area contributed by atoms with Gasteiger partial charge in [0.2, 0.25) is 0 Å². The molecule has 0 radical (unpaired) electrons. The summed E-state index contributed by atoms with van der Waals surface area (Å²) in [6, 6.07) is 5.79. The minimum absolute atomic E-state index is 0.00419. The molecule has 98 valence electrons. The fraction of sp³-hybridized carbons (Fsp3) is 0.538. The zero-order valence-corrected chi connectivity index (χ0v) is 11.1. The number of carbonyl (C=O) groups excluding carboxylic acids is 1. The second-order valence-electron chi connectivity index (χ2n) is 5.29. The normalized spacial score (nSPS) is 20.7. The quantitative estimate of drug-likeness (QED) is 0.875. The van der Waals surface area contributed by atoms with Crippen LogP contribution in [-0.2, 0) is 0 Å². The van der Waals surface area contributed by atoms with E-state index in [-0.39, 0.29) is 17.6 Å². The predicted octanol–water partition coefficient (Wildman–Crippen LogP) is 1.23. The number of hydrogen-bond acceptors (Lipinski definition) is 3. The second kappa shape index (κ2) is 4.57. The third-order valence-electron chi connectivity index (χ3n) is 3.62. The third-order valence-corrected chi connectivity index (χ3v) is 3.62. The van der Waals surface area contributed by atoms with Crippen molar-refractivity contribution in [3.8, 4) is 0 Å². The van der Waals surface area contributed by atoms with Crippen LogP contribution in [0.5, 0.6) is 0 Å². The van der Waals surface area contributed by atoms with Crippen LogP contribution in [0.2, 0.25) is 0 Å². The van der Waals surface area contributed by atoms with Crippen molar-refractivity contribution in [2.45, 2.75) is 25.4 Å². The van der Waals surface area contributed by atoms with Crippen molar-refractivity contribution >= 4 is 6.03 Å². The summed E-state index contributed by atoms with van der Waals surface area (Å²) in [6.07, 6.45) is 1.75. The number of rotatable bonds is 3. The molecule has 1 fully saturated rings. The van der Waals surface area contributed by atoms with Gasteiger partial charge in [0.05, 0.1) is 17.3 Å². The van der Waals surface area contributed by atoms with Gasteiger partial charge in [0.1, 0.15) is 0 Å². The molecular weight excluding hydrogens is 228 g/mol. The van der Waals surface area contributed by atoms with E-state index in [4.69, 9.17) is 5.73 Å². The van der Waals surface area contributed by atoms with Gasteiger partial charge in [0, 0.05) is 26.3 Å². The van der Waals surface area contributed by atoms with Crippen molar-refractivity contribution < 1.29 is 4.79 Å². The molecule has 1 aromatic heterocycles. The van der Waals surface area contributed by atoms with Crippen molar-refractivity contribution in [3.63, 3.8) is 0 Å². The Hall–Kier alpha value is -1.62. The SMILES string of the molecule is CN1C(=O)N(C(C)(C)CN)CC1c1ccccn1. The van der Waals surface area contributed by atoms with Crippen molar-refractivity contribution in [3.05, 3.63) is 30.1 Å². The predicted molar refractivity (Wildman–Crippen MR) is 70.0 cm³/mol. The third kappa shape index (κ3) is 2.06. The Balaban J connectivity index is 2.26. The summed E-state index contributed by atoms with van der Waals surface area (Å²) >= 11 is 0. The Morgan fingerprint density at radius 1 is 1.50 bits per heavy atom. The highest BCUT2D eigenvalue weighted by molar-refractivity contribution is 5.78. The van der Waals surface area contributed by atoms with E-state index in [0.717, 1.165) is 5.69 Å². The minimum Gasteiger partial charge on any atom is -0.328 e. The van der Waals surface area contributed by atoms with Gasteiger partial charge in [0.15, 0.2) is 0 Å². The standard InChI is InChI=1S/C13H20N4O/c1-13(2,9-14)17-8-11(16(3)12(17)18)10-6-4-5-7-15-10/h4-7,11H,8-9,14H2,1-3H3. The summed E-state index contributed by atoms with van der Waals surface area (Å²) in [5.41, 5.74) is 6.35. The van der Waals surface area contributed by atoms with E-state index < -0.39 is 0 Å². The van der Waals surface area contributed by atoms with Gasteiger partial charge in [-0.3, -0.25) is 4.98 Å². The fourth-order valence-electron chi connectivity index (χ4n) is 2.18. The molecule has 18 heavy (non-hydrogen) atoms. The average Bonchev–Trinajstić information content (AvgIpc) is 2.68. The van der Waals surface area contributed by atoms with Crippen LogP contribution < -0.4 is 5.73 Å². The first-order valence-corrected chi connectivity index (χ1v) is 6.13. The fourth-order valence-corrected chi connectivity index (χ4v) is 2.18. The van der Waals surface area contributed by atoms with Crippen LogP contribution in [0.4, 0.5) is 4.79 Å². The molecule has 2 rings (SSSR count). The summed E-state index contributed by atoms with van der Waals surface area (Å²) in [4.78, 5) is 20.2. The van der Waals surface area contributed by atoms with Gasteiger partial charge in [0.25, 0.3) is 0 Å². The van der Waals surface area contributed by atoms with Crippen LogP contribution in [0.3, 0.4) is 0 Å². The number of likely N-dealkylation sites (N-methyl/N-ethyl adjacent to an activating group) is 1. The first-order valence-electron chi connectivity index (χ1n) is 6.13. The highest BCUT2D eigenvalue weighted by Gasteiger charge is 2.42. The van der Waals surface area contributed by atoms with E-state index >= 15 is 0 Å². The molecule has 0 aliphatic carbocycles. The highest BCUT2D eigenvalue weighted by atomic mass is 16.2. The molecule has 0 bridgehead atoms. The van der Waals surface area contributed by atoms with Gasteiger partial charge in [-0.25, -0.2) is 4.79 Å². The molecule has 1 saturated heterocycles. The Morgan fingerprint density at radius 3 is 2.78 bits per heavy atom. The molecule has 1 aromatic rings. The number of urea groups is 1. The van der Waals surface area contributed by atoms with Gasteiger partial charge in [-0.2, -0.15) is 0 Å². The molecule has 0 saturated carbocycles. The molecule has 5 heteroatoms. The van der Waals surface area contributed by atoms with Crippen molar-refractivity contribution in [1.29, 1.82) is 0 Å². The van der Waals surface area contributed by atoms with Crippen LogP contribution >= 0.6 is 0 Å². The van der Waals surface area contributed by atoms with Crippen LogP contribution in [0.15, 0.2) is 24.4 Å². The molecule has 2 heterocycles. The van der Waals surface area contributed by atoms with Crippen LogP contribution in [-0.4, -0.2) is 46.5 Å². The number of hydrogen-bond donors (Lipinski definition) is 1. The van der Waals surface area contributed by atoms with Crippen LogP contribution in [0, 0.1) is 0 Å². The first-order chi connectivity index (χ1) is 8.47. The lowest BCUT2D eigenvalue weighted by Gasteiger charge is -2.33. The minimum atomic E-state index is -0.325. The largest absolute Gasteiger partial charge is 0.328 e. The second-order valence-corrected chi connectivity index (χ2v) is 5.29. The van der Waals surface area contributed by atoms with E-state index in [1.54, 1.807) is 11.1 Å². The van der Waals surface area contributed by atoms with Crippen LogP contribution in [0.25, 0.3) is 0 Å². The number of nitrogens with two attached hydrogens (primary N) is 1. The molecule has 1 unspecified atom stereocenters. The summed E-state index contributed by atoms with van der Waals surface area (Å²) in [5.74, 6) is 0. The monoisotopic (exact) mass is 248 g/mol. The van der Waals surface area contributed by atoms with Gasteiger partial charge in [-0.05, 0) is 26.0 Å². The summed E-state index contributed by atoms with van der Waals surface area (Å²) in [6.45, 7) is 5.05. The Bertz CT molecular complexity index is 432. The van der Waals surface area contributed by atoms with E-state index in [0.29, 0.717) is 13.1 Å². The maximum absolute atomic E-state index is 12.3. The smallest absolute Gasteiger partial charge is 0.320 e. The zero-order valence-electron chi connectivity index (χ0n) is 11.1. The molecular formula is C13H20N4O. The topological polar surface area (TPSA) is 62.5 Å². The number of carbonyl (C=O) groups is 1. The number of pyridine rings is 1. The van der Waals surface area contributed by atoms with Crippen molar-refractivity contribution in [1.82, 2.24) is 14.8 Å². The van der Waals surface area contributed by atoms with Gasteiger partial charge in [-0.15, -0.1) is 0 Å². The summed E-state index contributed by atoms with van der Waals surface area (Å²) in [7, 11) is 1.81. The lowest BCUT2D eigenvalue weighted by Crippen LogP contribution is -2.50. The maximum Gasteiger partial charge on any atom is 0.320 e. The molecule has 0 aromatic carbocycles. The Morgan fingerprint density at radius 2 is 2.22 bits per heavy atom.